The Morgan fingerprint density at radius 3 is 2.44 bits per heavy atom. The molecule has 1 fully saturated rings. The monoisotopic (exact) mass is 434 g/mol. The minimum absolute atomic E-state index is 0.273. The standard InChI is InChI=1S/C24H30N6O2/c1-16-8-9-19(14-17(16)2)30-18(3)15-29-20-21(25-23(29)30)26(4)24(32)28(22(20)31)13-12-27-10-6-5-7-11-27/h8-9,14-15H,5-7,10-13H2,1-4H3. The maximum atomic E-state index is 13.5. The Labute approximate surface area is 186 Å². The zero-order valence-corrected chi connectivity index (χ0v) is 19.3. The van der Waals surface area contributed by atoms with Crippen LogP contribution in [-0.4, -0.2) is 47.6 Å². The second-order valence-electron chi connectivity index (χ2n) is 9.03. The van der Waals surface area contributed by atoms with Crippen LogP contribution in [0.25, 0.3) is 22.6 Å². The molecule has 8 heteroatoms. The molecule has 8 nitrogen and oxygen atoms in total. The molecule has 0 saturated carbocycles. The summed E-state index contributed by atoms with van der Waals surface area (Å²) in [4.78, 5) is 33.6. The summed E-state index contributed by atoms with van der Waals surface area (Å²) in [6, 6.07) is 6.27. The van der Waals surface area contributed by atoms with E-state index in [4.69, 9.17) is 4.98 Å². The molecular weight excluding hydrogens is 404 g/mol. The lowest BCUT2D eigenvalue weighted by molar-refractivity contribution is 0.218. The number of hydrogen-bond acceptors (Lipinski definition) is 4. The van der Waals surface area contributed by atoms with Crippen LogP contribution in [0.1, 0.15) is 36.1 Å². The molecule has 0 bridgehead atoms. The third-order valence-electron chi connectivity index (χ3n) is 6.86. The van der Waals surface area contributed by atoms with Crippen LogP contribution in [0.4, 0.5) is 0 Å². The van der Waals surface area contributed by atoms with Gasteiger partial charge in [-0.3, -0.25) is 22.9 Å². The highest BCUT2D eigenvalue weighted by atomic mass is 16.2. The van der Waals surface area contributed by atoms with E-state index in [0.29, 0.717) is 30.0 Å². The molecule has 0 aliphatic carbocycles. The van der Waals surface area contributed by atoms with Crippen LogP contribution in [0.5, 0.6) is 0 Å². The van der Waals surface area contributed by atoms with E-state index in [0.717, 1.165) is 24.5 Å². The third-order valence-corrected chi connectivity index (χ3v) is 6.86. The molecule has 0 spiro atoms. The van der Waals surface area contributed by atoms with Gasteiger partial charge in [-0.1, -0.05) is 12.5 Å². The molecule has 5 rings (SSSR count). The fourth-order valence-electron chi connectivity index (χ4n) is 4.82. The molecule has 168 valence electrons. The zero-order chi connectivity index (χ0) is 22.6. The van der Waals surface area contributed by atoms with Crippen molar-refractivity contribution in [2.75, 3.05) is 19.6 Å². The number of aromatic nitrogens is 5. The van der Waals surface area contributed by atoms with E-state index in [9.17, 15) is 9.59 Å². The first-order valence-electron chi connectivity index (χ1n) is 11.4. The first-order chi connectivity index (χ1) is 15.4. The number of fused-ring (bicyclic) bond motifs is 3. The minimum atomic E-state index is -0.310. The third kappa shape index (κ3) is 3.21. The Bertz CT molecular complexity index is 1450. The Hall–Kier alpha value is -3.13. The van der Waals surface area contributed by atoms with Gasteiger partial charge in [0, 0.05) is 37.7 Å². The molecule has 0 amide bonds. The number of nitrogens with zero attached hydrogens (tertiary/aromatic N) is 6. The second kappa shape index (κ2) is 7.78. The molecule has 4 aromatic rings. The van der Waals surface area contributed by atoms with Gasteiger partial charge in [0.15, 0.2) is 11.2 Å². The number of piperidine rings is 1. The van der Waals surface area contributed by atoms with Gasteiger partial charge in [-0.05, 0) is 70.0 Å². The Morgan fingerprint density at radius 2 is 1.72 bits per heavy atom. The van der Waals surface area contributed by atoms with Crippen molar-refractivity contribution >= 4 is 16.9 Å². The van der Waals surface area contributed by atoms with Gasteiger partial charge in [-0.2, -0.15) is 4.98 Å². The van der Waals surface area contributed by atoms with Crippen molar-refractivity contribution in [3.63, 3.8) is 0 Å². The Balaban J connectivity index is 1.66. The van der Waals surface area contributed by atoms with Crippen molar-refractivity contribution in [1.82, 2.24) is 28.0 Å². The molecule has 0 atom stereocenters. The van der Waals surface area contributed by atoms with E-state index >= 15 is 0 Å². The van der Waals surface area contributed by atoms with Gasteiger partial charge in [0.1, 0.15) is 0 Å². The lowest BCUT2D eigenvalue weighted by atomic mass is 10.1. The number of benzene rings is 1. The molecule has 1 aliphatic heterocycles. The molecule has 0 unspecified atom stereocenters. The average molecular weight is 435 g/mol. The van der Waals surface area contributed by atoms with Crippen molar-refractivity contribution in [3.05, 3.63) is 62.1 Å². The Kier molecular flexibility index (Phi) is 5.04. The summed E-state index contributed by atoms with van der Waals surface area (Å²) in [5.41, 5.74) is 4.67. The number of hydrogen-bond donors (Lipinski definition) is 0. The van der Waals surface area contributed by atoms with E-state index in [2.05, 4.69) is 36.9 Å². The van der Waals surface area contributed by atoms with E-state index in [1.54, 1.807) is 7.05 Å². The van der Waals surface area contributed by atoms with Gasteiger partial charge in [-0.15, -0.1) is 0 Å². The highest BCUT2D eigenvalue weighted by Gasteiger charge is 2.21. The van der Waals surface area contributed by atoms with Gasteiger partial charge in [-0.25, -0.2) is 4.79 Å². The number of likely N-dealkylation sites (tertiary alicyclic amines) is 1. The molecule has 0 radical (unpaired) electrons. The molecule has 4 heterocycles. The van der Waals surface area contributed by atoms with Gasteiger partial charge in [0.05, 0.1) is 0 Å². The smallest absolute Gasteiger partial charge is 0.302 e. The van der Waals surface area contributed by atoms with E-state index < -0.39 is 0 Å². The fourth-order valence-corrected chi connectivity index (χ4v) is 4.82. The molecular formula is C24H30N6O2. The summed E-state index contributed by atoms with van der Waals surface area (Å²) in [5.74, 6) is 0.640. The quantitative estimate of drug-likeness (QED) is 0.495. The highest BCUT2D eigenvalue weighted by molar-refractivity contribution is 5.76. The van der Waals surface area contributed by atoms with Crippen molar-refractivity contribution in [2.45, 2.75) is 46.6 Å². The van der Waals surface area contributed by atoms with Crippen LogP contribution < -0.4 is 11.2 Å². The number of imidazole rings is 2. The van der Waals surface area contributed by atoms with E-state index in [-0.39, 0.29) is 11.2 Å². The lowest BCUT2D eigenvalue weighted by Crippen LogP contribution is -2.43. The minimum Gasteiger partial charge on any atom is -0.302 e. The summed E-state index contributed by atoms with van der Waals surface area (Å²) in [6.45, 7) is 9.35. The molecule has 32 heavy (non-hydrogen) atoms. The maximum absolute atomic E-state index is 13.5. The van der Waals surface area contributed by atoms with Crippen molar-refractivity contribution in [3.8, 4) is 5.69 Å². The SMILES string of the molecule is Cc1ccc(-n2c(C)cn3c4c(=O)n(CCN5CCCCC5)c(=O)n(C)c4nc23)cc1C. The molecule has 1 saturated heterocycles. The fraction of sp³-hybridized carbons (Fsp3) is 0.458. The lowest BCUT2D eigenvalue weighted by Gasteiger charge is -2.26. The zero-order valence-electron chi connectivity index (χ0n) is 19.3. The van der Waals surface area contributed by atoms with E-state index in [1.807, 2.05) is 22.1 Å². The molecule has 1 aromatic carbocycles. The highest BCUT2D eigenvalue weighted by Crippen LogP contribution is 2.22. The topological polar surface area (TPSA) is 69.5 Å². The number of rotatable bonds is 4. The average Bonchev–Trinajstić information content (AvgIpc) is 3.29. The van der Waals surface area contributed by atoms with Gasteiger partial charge >= 0.3 is 5.69 Å². The first kappa shape index (κ1) is 20.8. The second-order valence-corrected chi connectivity index (χ2v) is 9.03. The Morgan fingerprint density at radius 1 is 0.969 bits per heavy atom. The largest absolute Gasteiger partial charge is 0.332 e. The van der Waals surface area contributed by atoms with Crippen LogP contribution in [0, 0.1) is 20.8 Å². The summed E-state index contributed by atoms with van der Waals surface area (Å²) in [5, 5.41) is 0. The van der Waals surface area contributed by atoms with Gasteiger partial charge in [0.2, 0.25) is 5.78 Å². The molecule has 0 N–H and O–H groups in total. The van der Waals surface area contributed by atoms with Crippen LogP contribution in [-0.2, 0) is 13.6 Å². The van der Waals surface area contributed by atoms with Crippen LogP contribution in [0.3, 0.4) is 0 Å². The van der Waals surface area contributed by atoms with Crippen LogP contribution >= 0.6 is 0 Å². The first-order valence-corrected chi connectivity index (χ1v) is 11.4. The van der Waals surface area contributed by atoms with E-state index in [1.165, 1.54) is 39.5 Å². The molecule has 1 aliphatic rings. The van der Waals surface area contributed by atoms with Crippen LogP contribution in [0.15, 0.2) is 34.0 Å². The summed E-state index contributed by atoms with van der Waals surface area (Å²) < 4.78 is 6.74. The predicted octanol–water partition coefficient (Wildman–Crippen LogP) is 2.55. The van der Waals surface area contributed by atoms with Gasteiger partial charge in [0.25, 0.3) is 5.56 Å². The summed E-state index contributed by atoms with van der Waals surface area (Å²) in [7, 11) is 1.70. The van der Waals surface area contributed by atoms with Crippen molar-refractivity contribution in [1.29, 1.82) is 0 Å². The maximum Gasteiger partial charge on any atom is 0.332 e. The molecule has 3 aromatic heterocycles. The summed E-state index contributed by atoms with van der Waals surface area (Å²) >= 11 is 0. The van der Waals surface area contributed by atoms with Crippen molar-refractivity contribution < 1.29 is 0 Å². The van der Waals surface area contributed by atoms with Crippen molar-refractivity contribution in [2.24, 2.45) is 7.05 Å². The normalized spacial score (nSPS) is 15.2. The number of aryl methyl sites for hydroxylation is 4. The van der Waals surface area contributed by atoms with Crippen LogP contribution in [0.2, 0.25) is 0 Å². The van der Waals surface area contributed by atoms with Gasteiger partial charge < -0.3 is 4.90 Å². The summed E-state index contributed by atoms with van der Waals surface area (Å²) in [6.07, 6.45) is 5.55. The predicted molar refractivity (Wildman–Crippen MR) is 126 cm³/mol.